The molecule has 0 spiro atoms. The number of hydrogen-bond acceptors (Lipinski definition) is 4. The van der Waals surface area contributed by atoms with Gasteiger partial charge in [-0.05, 0) is 61.4 Å². The highest BCUT2D eigenvalue weighted by molar-refractivity contribution is 6.05. The molecule has 0 aliphatic heterocycles. The molecule has 0 unspecified atom stereocenters. The molecule has 1 amide bonds. The average Bonchev–Trinajstić information content (AvgIpc) is 2.98. The van der Waals surface area contributed by atoms with E-state index in [2.05, 4.69) is 10.1 Å². The lowest BCUT2D eigenvalue weighted by Crippen LogP contribution is -2.26. The Balaban J connectivity index is 1.97. The predicted octanol–water partition coefficient (Wildman–Crippen LogP) is 4.70. The number of nitrogens with one attached hydrogen (secondary N) is 1. The third-order valence-electron chi connectivity index (χ3n) is 5.05. The summed E-state index contributed by atoms with van der Waals surface area (Å²) in [7, 11) is 0. The number of nitrogens with zero attached hydrogens (tertiary/aromatic N) is 1. The molecule has 1 heterocycles. The molecule has 2 N–H and O–H groups in total. The molecule has 6 nitrogen and oxygen atoms in total. The van der Waals surface area contributed by atoms with Crippen molar-refractivity contribution in [1.29, 1.82) is 0 Å². The van der Waals surface area contributed by atoms with Crippen LogP contribution in [0.25, 0.3) is 10.9 Å². The van der Waals surface area contributed by atoms with Crippen LogP contribution >= 0.6 is 0 Å². The van der Waals surface area contributed by atoms with E-state index >= 15 is 0 Å². The summed E-state index contributed by atoms with van der Waals surface area (Å²) in [5.41, 5.74) is 1.73. The normalized spacial score (nSPS) is 11.5. The molecule has 0 atom stereocenters. The van der Waals surface area contributed by atoms with Gasteiger partial charge < -0.3 is 15.2 Å². The fourth-order valence-electron chi connectivity index (χ4n) is 3.51. The van der Waals surface area contributed by atoms with Crippen LogP contribution in [0.2, 0.25) is 0 Å². The van der Waals surface area contributed by atoms with Crippen LogP contribution in [0.5, 0.6) is 11.5 Å². The number of halogens is 3. The quantitative estimate of drug-likeness (QED) is 0.514. The number of aromatic nitrogens is 1. The highest BCUT2D eigenvalue weighted by Crippen LogP contribution is 2.31. The molecule has 0 aliphatic carbocycles. The van der Waals surface area contributed by atoms with Crippen molar-refractivity contribution in [3.63, 3.8) is 0 Å². The van der Waals surface area contributed by atoms with Crippen LogP contribution in [-0.4, -0.2) is 34.4 Å². The van der Waals surface area contributed by atoms with Crippen molar-refractivity contribution in [2.45, 2.75) is 39.5 Å². The molecule has 2 aromatic carbocycles. The Hall–Kier alpha value is -3.49. The van der Waals surface area contributed by atoms with Crippen molar-refractivity contribution in [3.05, 3.63) is 59.3 Å². The van der Waals surface area contributed by atoms with Crippen LogP contribution in [0, 0.1) is 6.92 Å². The van der Waals surface area contributed by atoms with E-state index in [0.29, 0.717) is 28.7 Å². The van der Waals surface area contributed by atoms with Crippen molar-refractivity contribution in [2.24, 2.45) is 0 Å². The lowest BCUT2D eigenvalue weighted by molar-refractivity contribution is -0.274. The summed E-state index contributed by atoms with van der Waals surface area (Å²) in [5.74, 6) is -1.12. The minimum absolute atomic E-state index is 0.0107. The van der Waals surface area contributed by atoms with Gasteiger partial charge in [-0.2, -0.15) is 0 Å². The second-order valence-electron chi connectivity index (χ2n) is 7.36. The smallest absolute Gasteiger partial charge is 0.508 e. The predicted molar refractivity (Wildman–Crippen MR) is 113 cm³/mol. The Labute approximate surface area is 182 Å². The van der Waals surface area contributed by atoms with Gasteiger partial charge in [0, 0.05) is 23.2 Å². The van der Waals surface area contributed by atoms with Crippen molar-refractivity contribution in [1.82, 2.24) is 9.88 Å². The number of phenols is 1. The van der Waals surface area contributed by atoms with Crippen molar-refractivity contribution in [2.75, 3.05) is 6.54 Å². The Bertz CT molecular complexity index is 1130. The van der Waals surface area contributed by atoms with Crippen molar-refractivity contribution in [3.8, 4) is 11.5 Å². The minimum atomic E-state index is -4.83. The first-order chi connectivity index (χ1) is 15.1. The summed E-state index contributed by atoms with van der Waals surface area (Å²) in [6.45, 7) is 4.24. The van der Waals surface area contributed by atoms with E-state index in [1.807, 2.05) is 6.92 Å². The second-order valence-corrected chi connectivity index (χ2v) is 7.36. The number of ether oxygens (including phenoxy) is 1. The number of carbonyl (C=O) groups excluding carboxylic acids is 2. The molecule has 0 saturated heterocycles. The number of aromatic hydroxyl groups is 1. The van der Waals surface area contributed by atoms with Gasteiger partial charge in [0.05, 0.1) is 11.9 Å². The Morgan fingerprint density at radius 3 is 2.44 bits per heavy atom. The van der Waals surface area contributed by atoms with E-state index < -0.39 is 18.0 Å². The summed E-state index contributed by atoms with van der Waals surface area (Å²) in [6, 6.07) is 9.09. The number of alkyl halides is 3. The number of fused-ring (bicyclic) bond motifs is 1. The molecule has 0 bridgehead atoms. The van der Waals surface area contributed by atoms with Crippen LogP contribution in [0.3, 0.4) is 0 Å². The first-order valence-corrected chi connectivity index (χ1v) is 10.1. The van der Waals surface area contributed by atoms with Gasteiger partial charge >= 0.3 is 6.36 Å². The van der Waals surface area contributed by atoms with Crippen LogP contribution in [-0.2, 0) is 11.2 Å². The monoisotopic (exact) mass is 448 g/mol. The number of benzene rings is 2. The molecule has 170 valence electrons. The topological polar surface area (TPSA) is 80.6 Å². The lowest BCUT2D eigenvalue weighted by Gasteiger charge is -2.11. The maximum absolute atomic E-state index is 13.2. The molecule has 0 aliphatic rings. The molecular formula is C23H23F3N2O4. The molecule has 3 rings (SSSR count). The zero-order valence-corrected chi connectivity index (χ0v) is 17.6. The van der Waals surface area contributed by atoms with Gasteiger partial charge in [0.25, 0.3) is 5.91 Å². The fourth-order valence-corrected chi connectivity index (χ4v) is 3.51. The van der Waals surface area contributed by atoms with E-state index in [1.165, 1.54) is 28.8 Å². The largest absolute Gasteiger partial charge is 0.573 e. The van der Waals surface area contributed by atoms with Crippen LogP contribution in [0.15, 0.2) is 42.5 Å². The molecule has 0 saturated carbocycles. The summed E-state index contributed by atoms with van der Waals surface area (Å²) in [5, 5.41) is 13.3. The molecule has 0 fully saturated rings. The molecule has 0 radical (unpaired) electrons. The molecule has 3 aromatic rings. The molecular weight excluding hydrogens is 425 g/mol. The molecule has 9 heteroatoms. The Kier molecular flexibility index (Phi) is 6.76. The van der Waals surface area contributed by atoms with Crippen molar-refractivity contribution >= 4 is 22.7 Å². The standard InChI is InChI=1S/C23H23F3N2O4/c1-3-4-11-27-21(30)13-18-14(2)28(20-10-7-16(29)12-19(18)20)22(31)15-5-8-17(9-6-15)32-23(24,25)26/h5-10,12,29H,3-4,11,13H2,1-2H3,(H,27,30). The number of amides is 1. The minimum Gasteiger partial charge on any atom is -0.508 e. The van der Waals surface area contributed by atoms with E-state index in [1.54, 1.807) is 13.0 Å². The highest BCUT2D eigenvalue weighted by atomic mass is 19.4. The summed E-state index contributed by atoms with van der Waals surface area (Å²) < 4.78 is 42.4. The van der Waals surface area contributed by atoms with Crippen molar-refractivity contribution < 1.29 is 32.6 Å². The van der Waals surface area contributed by atoms with Crippen LogP contribution in [0.4, 0.5) is 13.2 Å². The van der Waals surface area contributed by atoms with E-state index in [4.69, 9.17) is 0 Å². The van der Waals surface area contributed by atoms with Gasteiger partial charge in [0.2, 0.25) is 5.91 Å². The molecule has 32 heavy (non-hydrogen) atoms. The summed E-state index contributed by atoms with van der Waals surface area (Å²) in [6.07, 6.45) is -3.02. The fraction of sp³-hybridized carbons (Fsp3) is 0.304. The van der Waals surface area contributed by atoms with Gasteiger partial charge in [-0.15, -0.1) is 13.2 Å². The Morgan fingerprint density at radius 1 is 1.12 bits per heavy atom. The number of rotatable bonds is 7. The van der Waals surface area contributed by atoms with E-state index in [9.17, 15) is 27.9 Å². The number of phenolic OH excluding ortho intramolecular Hbond substituents is 1. The van der Waals surface area contributed by atoms with E-state index in [0.717, 1.165) is 25.0 Å². The average molecular weight is 448 g/mol. The second kappa shape index (κ2) is 9.33. The van der Waals surface area contributed by atoms with Gasteiger partial charge in [-0.1, -0.05) is 13.3 Å². The van der Waals surface area contributed by atoms with Crippen LogP contribution in [0.1, 0.15) is 41.4 Å². The van der Waals surface area contributed by atoms with Gasteiger partial charge in [-0.3, -0.25) is 14.2 Å². The highest BCUT2D eigenvalue weighted by Gasteiger charge is 2.31. The molecule has 1 aromatic heterocycles. The number of carbonyl (C=O) groups is 2. The summed E-state index contributed by atoms with van der Waals surface area (Å²) in [4.78, 5) is 25.6. The summed E-state index contributed by atoms with van der Waals surface area (Å²) >= 11 is 0. The first-order valence-electron chi connectivity index (χ1n) is 10.1. The zero-order chi connectivity index (χ0) is 23.5. The lowest BCUT2D eigenvalue weighted by atomic mass is 10.1. The number of hydrogen-bond donors (Lipinski definition) is 2. The number of unbranched alkanes of at least 4 members (excludes halogenated alkanes) is 1. The Morgan fingerprint density at radius 2 is 1.81 bits per heavy atom. The SMILES string of the molecule is CCCCNC(=O)Cc1c(C)n(C(=O)c2ccc(OC(F)(F)F)cc2)c2ccc(O)cc12. The van der Waals surface area contributed by atoms with Gasteiger partial charge in [0.15, 0.2) is 0 Å². The first kappa shape index (κ1) is 23.2. The zero-order valence-electron chi connectivity index (χ0n) is 17.6. The maximum atomic E-state index is 13.2. The van der Waals surface area contributed by atoms with Crippen LogP contribution < -0.4 is 10.1 Å². The van der Waals surface area contributed by atoms with E-state index in [-0.39, 0.29) is 23.6 Å². The third-order valence-corrected chi connectivity index (χ3v) is 5.05. The maximum Gasteiger partial charge on any atom is 0.573 e. The van der Waals surface area contributed by atoms with Gasteiger partial charge in [0.1, 0.15) is 11.5 Å². The third kappa shape index (κ3) is 5.22. The van der Waals surface area contributed by atoms with Gasteiger partial charge in [-0.25, -0.2) is 0 Å².